The van der Waals surface area contributed by atoms with E-state index in [9.17, 15) is 9.90 Å². The van der Waals surface area contributed by atoms with Gasteiger partial charge in [0.05, 0.1) is 33.5 Å². The molecule has 0 radical (unpaired) electrons. The predicted molar refractivity (Wildman–Crippen MR) is 90.2 cm³/mol. The van der Waals surface area contributed by atoms with Crippen LogP contribution in [0.3, 0.4) is 0 Å². The molecule has 1 N–H and O–H groups in total. The predicted octanol–water partition coefficient (Wildman–Crippen LogP) is 2.31. The molecule has 1 aromatic rings. The number of carbonyl (C=O) groups excluding carboxylic acids is 1. The van der Waals surface area contributed by atoms with Gasteiger partial charge >= 0.3 is 0 Å². The molecule has 0 spiro atoms. The van der Waals surface area contributed by atoms with Crippen LogP contribution in [0.1, 0.15) is 11.7 Å². The molecule has 1 aliphatic carbocycles. The molecule has 0 aromatic heterocycles. The van der Waals surface area contributed by atoms with Gasteiger partial charge in [0, 0.05) is 17.6 Å². The first-order valence-electron chi connectivity index (χ1n) is 7.84. The number of hydrogen-bond donors (Lipinski definition) is 1. The number of aliphatic hydroxyl groups is 1. The summed E-state index contributed by atoms with van der Waals surface area (Å²) in [6.07, 6.45) is 4.28. The van der Waals surface area contributed by atoms with Crippen LogP contribution in [0, 0.1) is 5.92 Å². The van der Waals surface area contributed by atoms with E-state index in [0.29, 0.717) is 34.2 Å². The fourth-order valence-corrected chi connectivity index (χ4v) is 2.92. The average molecular weight is 344 g/mol. The summed E-state index contributed by atoms with van der Waals surface area (Å²) >= 11 is 0. The molecule has 1 heterocycles. The summed E-state index contributed by atoms with van der Waals surface area (Å²) in [4.78, 5) is 12.6. The van der Waals surface area contributed by atoms with Gasteiger partial charge in [-0.3, -0.25) is 4.79 Å². The molecule has 0 saturated heterocycles. The minimum atomic E-state index is -0.787. The molecule has 0 saturated carbocycles. The van der Waals surface area contributed by atoms with Gasteiger partial charge in [-0.05, 0) is 24.3 Å². The molecule has 132 valence electrons. The van der Waals surface area contributed by atoms with Crippen LogP contribution < -0.4 is 9.47 Å². The van der Waals surface area contributed by atoms with Crippen molar-refractivity contribution in [2.75, 3.05) is 27.9 Å². The van der Waals surface area contributed by atoms with Crippen molar-refractivity contribution in [2.45, 2.75) is 6.10 Å². The van der Waals surface area contributed by atoms with E-state index >= 15 is 0 Å². The second-order valence-electron chi connectivity index (χ2n) is 5.69. The lowest BCUT2D eigenvalue weighted by Gasteiger charge is -2.29. The fraction of sp³-hybridized carbons (Fsp3) is 0.316. The first-order valence-corrected chi connectivity index (χ1v) is 7.84. The van der Waals surface area contributed by atoms with Crippen LogP contribution in [0.15, 0.2) is 53.5 Å². The number of ketones is 1. The highest BCUT2D eigenvalue weighted by molar-refractivity contribution is 5.97. The third kappa shape index (κ3) is 3.13. The summed E-state index contributed by atoms with van der Waals surface area (Å²) in [6, 6.07) is 5.22. The first-order chi connectivity index (χ1) is 12.1. The Bertz CT molecular complexity index is 774. The Morgan fingerprint density at radius 2 is 1.84 bits per heavy atom. The molecular formula is C19H20O6. The lowest BCUT2D eigenvalue weighted by Crippen LogP contribution is -2.24. The van der Waals surface area contributed by atoms with Crippen LogP contribution >= 0.6 is 0 Å². The second-order valence-corrected chi connectivity index (χ2v) is 5.69. The number of ether oxygens (including phenoxy) is 4. The summed E-state index contributed by atoms with van der Waals surface area (Å²) in [5, 5.41) is 9.44. The third-order valence-electron chi connectivity index (χ3n) is 4.19. The number of hydrogen-bond acceptors (Lipinski definition) is 6. The van der Waals surface area contributed by atoms with Crippen molar-refractivity contribution in [3.63, 3.8) is 0 Å². The molecule has 6 heteroatoms. The lowest BCUT2D eigenvalue weighted by atomic mass is 9.92. The number of methoxy groups -OCH3 is 3. The van der Waals surface area contributed by atoms with Gasteiger partial charge in [0.15, 0.2) is 17.6 Å². The molecule has 1 unspecified atom stereocenters. The van der Waals surface area contributed by atoms with Gasteiger partial charge in [0.1, 0.15) is 11.5 Å². The van der Waals surface area contributed by atoms with E-state index in [4.69, 9.17) is 18.9 Å². The monoisotopic (exact) mass is 344 g/mol. The maximum atomic E-state index is 12.6. The van der Waals surface area contributed by atoms with E-state index in [0.717, 1.165) is 0 Å². The van der Waals surface area contributed by atoms with Crippen LogP contribution in [0.4, 0.5) is 0 Å². The SMILES string of the molecule is COC1=CC(CO)C=C2O[C@H](c3ccc(OC)c(OC)c3)C(=O)C=C12. The summed E-state index contributed by atoms with van der Waals surface area (Å²) < 4.78 is 21.8. The molecule has 0 bridgehead atoms. The van der Waals surface area contributed by atoms with E-state index in [2.05, 4.69) is 0 Å². The molecule has 0 fully saturated rings. The molecular weight excluding hydrogens is 324 g/mol. The minimum Gasteiger partial charge on any atom is -0.496 e. The van der Waals surface area contributed by atoms with Crippen molar-refractivity contribution in [1.82, 2.24) is 0 Å². The second kappa shape index (κ2) is 7.03. The van der Waals surface area contributed by atoms with Crippen LogP contribution in [-0.2, 0) is 14.3 Å². The molecule has 25 heavy (non-hydrogen) atoms. The van der Waals surface area contributed by atoms with Gasteiger partial charge in [0.25, 0.3) is 0 Å². The van der Waals surface area contributed by atoms with Gasteiger partial charge < -0.3 is 24.1 Å². The minimum absolute atomic E-state index is 0.0675. The van der Waals surface area contributed by atoms with Gasteiger partial charge in [-0.2, -0.15) is 0 Å². The average Bonchev–Trinajstić information content (AvgIpc) is 2.66. The third-order valence-corrected chi connectivity index (χ3v) is 4.19. The zero-order valence-electron chi connectivity index (χ0n) is 14.3. The molecule has 2 atom stereocenters. The van der Waals surface area contributed by atoms with E-state index in [-0.39, 0.29) is 18.3 Å². The van der Waals surface area contributed by atoms with E-state index < -0.39 is 6.10 Å². The van der Waals surface area contributed by atoms with E-state index in [1.165, 1.54) is 20.3 Å². The summed E-state index contributed by atoms with van der Waals surface area (Å²) in [5.74, 6) is 1.74. The maximum absolute atomic E-state index is 12.6. The Hall–Kier alpha value is -2.73. The van der Waals surface area contributed by atoms with E-state index in [1.807, 2.05) is 0 Å². The number of benzene rings is 1. The molecule has 0 amide bonds. The Kier molecular flexibility index (Phi) is 4.81. The van der Waals surface area contributed by atoms with Crippen LogP contribution in [0.25, 0.3) is 0 Å². The Morgan fingerprint density at radius 3 is 2.48 bits per heavy atom. The summed E-state index contributed by atoms with van der Waals surface area (Å²) in [6.45, 7) is -0.0675. The Labute approximate surface area is 146 Å². The van der Waals surface area contributed by atoms with Crippen molar-refractivity contribution in [1.29, 1.82) is 0 Å². The molecule has 2 aliphatic rings. The van der Waals surface area contributed by atoms with Gasteiger partial charge in [-0.1, -0.05) is 6.07 Å². The maximum Gasteiger partial charge on any atom is 0.201 e. The largest absolute Gasteiger partial charge is 0.496 e. The zero-order chi connectivity index (χ0) is 18.0. The number of fused-ring (bicyclic) bond motifs is 1. The van der Waals surface area contributed by atoms with Gasteiger partial charge in [0.2, 0.25) is 5.78 Å². The summed E-state index contributed by atoms with van der Waals surface area (Å²) in [7, 11) is 4.61. The van der Waals surface area contributed by atoms with Gasteiger partial charge in [-0.25, -0.2) is 0 Å². The van der Waals surface area contributed by atoms with Crippen molar-refractivity contribution < 1.29 is 28.8 Å². The Balaban J connectivity index is 1.98. The smallest absolute Gasteiger partial charge is 0.201 e. The fourth-order valence-electron chi connectivity index (χ4n) is 2.92. The number of carbonyl (C=O) groups is 1. The normalized spacial score (nSPS) is 22.1. The molecule has 1 aliphatic heterocycles. The molecule has 6 nitrogen and oxygen atoms in total. The highest BCUT2D eigenvalue weighted by atomic mass is 16.5. The van der Waals surface area contributed by atoms with Crippen LogP contribution in [-0.4, -0.2) is 38.8 Å². The molecule has 1 aromatic carbocycles. The van der Waals surface area contributed by atoms with E-state index in [1.54, 1.807) is 37.5 Å². The first kappa shape index (κ1) is 17.1. The van der Waals surface area contributed by atoms with Gasteiger partial charge in [-0.15, -0.1) is 0 Å². The standard InChI is InChI=1S/C19H20O6/c1-22-15-5-4-12(8-18(15)24-3)19-14(21)9-13-16(23-2)6-11(10-20)7-17(13)25-19/h4-9,11,19-20H,10H2,1-3H3/t11?,19-/m1/s1. The highest BCUT2D eigenvalue weighted by Gasteiger charge is 2.33. The quantitative estimate of drug-likeness (QED) is 0.883. The number of rotatable bonds is 5. The van der Waals surface area contributed by atoms with Crippen LogP contribution in [0.5, 0.6) is 11.5 Å². The van der Waals surface area contributed by atoms with Crippen molar-refractivity contribution in [3.8, 4) is 11.5 Å². The Morgan fingerprint density at radius 1 is 1.08 bits per heavy atom. The summed E-state index contributed by atoms with van der Waals surface area (Å²) in [5.41, 5.74) is 1.25. The van der Waals surface area contributed by atoms with Crippen molar-refractivity contribution in [3.05, 3.63) is 59.1 Å². The van der Waals surface area contributed by atoms with Crippen molar-refractivity contribution in [2.24, 2.45) is 5.92 Å². The number of aliphatic hydroxyl groups excluding tert-OH is 1. The van der Waals surface area contributed by atoms with Crippen molar-refractivity contribution >= 4 is 5.78 Å². The zero-order valence-corrected chi connectivity index (χ0v) is 14.3. The highest BCUT2D eigenvalue weighted by Crippen LogP contribution is 2.39. The van der Waals surface area contributed by atoms with Crippen LogP contribution in [0.2, 0.25) is 0 Å². The molecule has 3 rings (SSSR count). The lowest BCUT2D eigenvalue weighted by molar-refractivity contribution is -0.124. The topological polar surface area (TPSA) is 74.2 Å².